The van der Waals surface area contributed by atoms with Crippen molar-refractivity contribution in [3.8, 4) is 17.6 Å². The van der Waals surface area contributed by atoms with Crippen molar-refractivity contribution in [2.45, 2.75) is 6.92 Å². The van der Waals surface area contributed by atoms with E-state index in [1.165, 1.54) is 0 Å². The van der Waals surface area contributed by atoms with Gasteiger partial charge in [-0.15, -0.1) is 0 Å². The van der Waals surface area contributed by atoms with E-state index in [-0.39, 0.29) is 12.7 Å². The van der Waals surface area contributed by atoms with E-state index in [1.807, 2.05) is 31.2 Å². The van der Waals surface area contributed by atoms with Crippen LogP contribution >= 0.6 is 0 Å². The zero-order valence-corrected chi connectivity index (χ0v) is 13.9. The predicted molar refractivity (Wildman–Crippen MR) is 94.8 cm³/mol. The van der Waals surface area contributed by atoms with E-state index in [0.717, 1.165) is 16.6 Å². The lowest BCUT2D eigenvalue weighted by Crippen LogP contribution is -2.29. The van der Waals surface area contributed by atoms with Gasteiger partial charge in [-0.25, -0.2) is 0 Å². The van der Waals surface area contributed by atoms with Crippen molar-refractivity contribution < 1.29 is 14.3 Å². The molecule has 1 aromatic heterocycles. The van der Waals surface area contributed by atoms with Crippen LogP contribution in [0.5, 0.6) is 11.5 Å². The lowest BCUT2D eigenvalue weighted by molar-refractivity contribution is 0.0962. The Morgan fingerprint density at radius 3 is 2.62 bits per heavy atom. The van der Waals surface area contributed by atoms with Crippen molar-refractivity contribution in [2.75, 3.05) is 12.2 Å². The molecular weight excluding hydrogens is 332 g/mol. The van der Waals surface area contributed by atoms with Crippen LogP contribution in [0.1, 0.15) is 21.6 Å². The van der Waals surface area contributed by atoms with Crippen LogP contribution < -0.4 is 20.3 Å². The van der Waals surface area contributed by atoms with Gasteiger partial charge in [-0.05, 0) is 43.3 Å². The summed E-state index contributed by atoms with van der Waals surface area (Å²) >= 11 is 0. The minimum atomic E-state index is -0.308. The van der Waals surface area contributed by atoms with Gasteiger partial charge < -0.3 is 9.47 Å². The third-order valence-corrected chi connectivity index (χ3v) is 4.02. The number of anilines is 1. The number of nitrogens with one attached hydrogen (secondary N) is 2. The van der Waals surface area contributed by atoms with Gasteiger partial charge in [-0.1, -0.05) is 0 Å². The van der Waals surface area contributed by atoms with Crippen molar-refractivity contribution in [1.29, 1.82) is 5.26 Å². The number of hydrazine groups is 1. The standard InChI is InChI=1S/C19H14N4O3/c1-11-6-16(14-7-17-18(26-10-25-17)8-15(14)21-11)22-23-19(24)13-4-2-12(9-20)3-5-13/h2-8H,10H2,1H3,(H,21,22)(H,23,24). The number of nitriles is 1. The Balaban J connectivity index is 1.60. The zero-order valence-electron chi connectivity index (χ0n) is 13.9. The van der Waals surface area contributed by atoms with Gasteiger partial charge in [-0.3, -0.25) is 20.6 Å². The summed E-state index contributed by atoms with van der Waals surface area (Å²) in [7, 11) is 0. The van der Waals surface area contributed by atoms with Gasteiger partial charge in [0.05, 0.1) is 22.8 Å². The smallest absolute Gasteiger partial charge is 0.269 e. The number of rotatable bonds is 3. The van der Waals surface area contributed by atoms with Crippen LogP contribution in [-0.2, 0) is 0 Å². The Hall–Kier alpha value is -3.79. The number of benzene rings is 2. The van der Waals surface area contributed by atoms with Crippen molar-refractivity contribution in [1.82, 2.24) is 10.4 Å². The second kappa shape index (κ2) is 6.26. The summed E-state index contributed by atoms with van der Waals surface area (Å²) in [5.41, 5.74) is 8.80. The molecule has 1 amide bonds. The molecule has 0 unspecified atom stereocenters. The van der Waals surface area contributed by atoms with Crippen molar-refractivity contribution in [3.63, 3.8) is 0 Å². The van der Waals surface area contributed by atoms with Crippen molar-refractivity contribution in [3.05, 3.63) is 59.3 Å². The summed E-state index contributed by atoms with van der Waals surface area (Å²) in [6.45, 7) is 2.06. The number of hydrogen-bond acceptors (Lipinski definition) is 6. The number of carbonyl (C=O) groups excluding carboxylic acids is 1. The number of aromatic nitrogens is 1. The van der Waals surface area contributed by atoms with E-state index in [1.54, 1.807) is 24.3 Å². The van der Waals surface area contributed by atoms with E-state index >= 15 is 0 Å². The van der Waals surface area contributed by atoms with E-state index < -0.39 is 0 Å². The first-order valence-electron chi connectivity index (χ1n) is 7.91. The highest BCUT2D eigenvalue weighted by Crippen LogP contribution is 2.37. The molecule has 0 saturated carbocycles. The molecule has 1 aliphatic heterocycles. The summed E-state index contributed by atoms with van der Waals surface area (Å²) in [5, 5.41) is 9.63. The number of pyridine rings is 1. The molecular formula is C19H14N4O3. The third-order valence-electron chi connectivity index (χ3n) is 4.02. The topological polar surface area (TPSA) is 96.3 Å². The minimum absolute atomic E-state index is 0.183. The second-order valence-electron chi connectivity index (χ2n) is 5.80. The third kappa shape index (κ3) is 2.84. The summed E-state index contributed by atoms with van der Waals surface area (Å²) in [6.07, 6.45) is 0. The van der Waals surface area contributed by atoms with Gasteiger partial charge in [0.15, 0.2) is 11.5 Å². The molecule has 2 heterocycles. The first kappa shape index (κ1) is 15.7. The van der Waals surface area contributed by atoms with Crippen LogP contribution in [0.25, 0.3) is 10.9 Å². The predicted octanol–water partition coefficient (Wildman–Crippen LogP) is 2.90. The molecule has 0 spiro atoms. The van der Waals surface area contributed by atoms with Gasteiger partial charge in [0.1, 0.15) is 0 Å². The Labute approximate surface area is 149 Å². The van der Waals surface area contributed by atoms with Gasteiger partial charge >= 0.3 is 0 Å². The molecule has 2 aromatic carbocycles. The lowest BCUT2D eigenvalue weighted by atomic mass is 10.1. The number of carbonyl (C=O) groups is 1. The fourth-order valence-electron chi connectivity index (χ4n) is 2.74. The van der Waals surface area contributed by atoms with Gasteiger partial charge in [0, 0.05) is 22.7 Å². The fraction of sp³-hybridized carbons (Fsp3) is 0.105. The normalized spacial score (nSPS) is 11.8. The Morgan fingerprint density at radius 1 is 1.15 bits per heavy atom. The zero-order chi connectivity index (χ0) is 18.1. The number of ether oxygens (including phenoxy) is 2. The van der Waals surface area contributed by atoms with Crippen molar-refractivity contribution >= 4 is 22.5 Å². The monoisotopic (exact) mass is 346 g/mol. The van der Waals surface area contributed by atoms with E-state index in [9.17, 15) is 4.79 Å². The number of hydrogen-bond donors (Lipinski definition) is 2. The number of nitrogens with zero attached hydrogens (tertiary/aromatic N) is 2. The summed E-state index contributed by atoms with van der Waals surface area (Å²) in [5.74, 6) is 0.991. The summed E-state index contributed by atoms with van der Waals surface area (Å²) in [6, 6.07) is 13.9. The average Bonchev–Trinajstić information content (AvgIpc) is 3.11. The second-order valence-corrected chi connectivity index (χ2v) is 5.80. The molecule has 0 saturated heterocycles. The highest BCUT2D eigenvalue weighted by Gasteiger charge is 2.17. The Bertz CT molecular complexity index is 1060. The highest BCUT2D eigenvalue weighted by atomic mass is 16.7. The maximum absolute atomic E-state index is 12.3. The van der Waals surface area contributed by atoms with Gasteiger partial charge in [0.25, 0.3) is 5.91 Å². The quantitative estimate of drug-likeness (QED) is 0.708. The van der Waals surface area contributed by atoms with Crippen LogP contribution in [0.15, 0.2) is 42.5 Å². The van der Waals surface area contributed by atoms with Crippen LogP contribution in [0.3, 0.4) is 0 Å². The molecule has 1 aliphatic rings. The molecule has 2 N–H and O–H groups in total. The summed E-state index contributed by atoms with van der Waals surface area (Å²) < 4.78 is 10.8. The average molecular weight is 346 g/mol. The van der Waals surface area contributed by atoms with Crippen LogP contribution in [0.4, 0.5) is 5.69 Å². The van der Waals surface area contributed by atoms with Crippen LogP contribution in [-0.4, -0.2) is 17.7 Å². The lowest BCUT2D eigenvalue weighted by Gasteiger charge is -2.12. The number of amides is 1. The molecule has 7 nitrogen and oxygen atoms in total. The largest absolute Gasteiger partial charge is 0.454 e. The SMILES string of the molecule is Cc1cc(NNC(=O)c2ccc(C#N)cc2)c2cc3c(cc2n1)OCO3. The van der Waals surface area contributed by atoms with Gasteiger partial charge in [0.2, 0.25) is 6.79 Å². The molecule has 4 rings (SSSR count). The number of fused-ring (bicyclic) bond motifs is 2. The molecule has 0 fully saturated rings. The molecule has 3 aromatic rings. The number of aryl methyl sites for hydroxylation is 1. The molecule has 0 bridgehead atoms. The fourth-order valence-corrected chi connectivity index (χ4v) is 2.74. The van der Waals surface area contributed by atoms with Crippen LogP contribution in [0, 0.1) is 18.3 Å². The minimum Gasteiger partial charge on any atom is -0.454 e. The Kier molecular flexibility index (Phi) is 3.78. The summed E-state index contributed by atoms with van der Waals surface area (Å²) in [4.78, 5) is 16.8. The molecule has 0 aliphatic carbocycles. The maximum Gasteiger partial charge on any atom is 0.269 e. The van der Waals surface area contributed by atoms with Crippen LogP contribution in [0.2, 0.25) is 0 Å². The van der Waals surface area contributed by atoms with Gasteiger partial charge in [-0.2, -0.15) is 5.26 Å². The maximum atomic E-state index is 12.3. The first-order valence-corrected chi connectivity index (χ1v) is 7.91. The molecule has 7 heteroatoms. The first-order chi connectivity index (χ1) is 12.6. The van der Waals surface area contributed by atoms with E-state index in [2.05, 4.69) is 15.8 Å². The molecule has 128 valence electrons. The molecule has 0 atom stereocenters. The molecule has 26 heavy (non-hydrogen) atoms. The highest BCUT2D eigenvalue weighted by molar-refractivity contribution is 5.98. The Morgan fingerprint density at radius 2 is 1.88 bits per heavy atom. The molecule has 0 radical (unpaired) electrons. The van der Waals surface area contributed by atoms with E-state index in [4.69, 9.17) is 14.7 Å². The van der Waals surface area contributed by atoms with E-state index in [0.29, 0.717) is 28.3 Å². The van der Waals surface area contributed by atoms with Crippen molar-refractivity contribution in [2.24, 2.45) is 0 Å².